The van der Waals surface area contributed by atoms with Gasteiger partial charge in [-0.1, -0.05) is 25.0 Å². The zero-order chi connectivity index (χ0) is 21.9. The number of hydrogen-bond donors (Lipinski definition) is 0. The van der Waals surface area contributed by atoms with Crippen molar-refractivity contribution < 1.29 is 8.42 Å². The molecule has 5 heterocycles. The zero-order valence-electron chi connectivity index (χ0n) is 17.8. The van der Waals surface area contributed by atoms with Gasteiger partial charge in [0.1, 0.15) is 10.6 Å². The van der Waals surface area contributed by atoms with Crippen molar-refractivity contribution in [2.45, 2.75) is 55.5 Å². The third-order valence-electron chi connectivity index (χ3n) is 7.22. The largest absolute Gasteiger partial charge is 0.312 e. The van der Waals surface area contributed by atoms with E-state index in [2.05, 4.69) is 0 Å². The van der Waals surface area contributed by atoms with Crippen LogP contribution in [0.4, 0.5) is 0 Å². The highest BCUT2D eigenvalue weighted by molar-refractivity contribution is 7.89. The number of fused-ring (bicyclic) bond motifs is 4. The summed E-state index contributed by atoms with van der Waals surface area (Å²) in [6, 6.07) is 9.49. The summed E-state index contributed by atoms with van der Waals surface area (Å²) < 4.78 is 33.3. The normalized spacial score (nSPS) is 24.0. The molecular weight excluding hydrogens is 444 g/mol. The summed E-state index contributed by atoms with van der Waals surface area (Å²) in [7, 11) is -3.71. The molecule has 168 valence electrons. The van der Waals surface area contributed by atoms with Crippen LogP contribution in [-0.2, 0) is 16.6 Å². The summed E-state index contributed by atoms with van der Waals surface area (Å²) in [5.74, 6) is 0.187. The summed E-state index contributed by atoms with van der Waals surface area (Å²) in [4.78, 5) is 13.5. The van der Waals surface area contributed by atoms with Gasteiger partial charge in [-0.25, -0.2) is 8.42 Å². The molecule has 0 amide bonds. The second-order valence-corrected chi connectivity index (χ2v) is 12.1. The third kappa shape index (κ3) is 3.29. The van der Waals surface area contributed by atoms with E-state index in [1.807, 2.05) is 32.8 Å². The molecule has 0 radical (unpaired) electrons. The van der Waals surface area contributed by atoms with Crippen molar-refractivity contribution in [3.05, 3.63) is 58.0 Å². The van der Waals surface area contributed by atoms with E-state index in [9.17, 15) is 13.2 Å². The first-order valence-electron chi connectivity index (χ1n) is 11.3. The van der Waals surface area contributed by atoms with E-state index in [1.54, 1.807) is 22.6 Å². The molecular formula is C23H26N4O3S2. The second-order valence-electron chi connectivity index (χ2n) is 9.26. The van der Waals surface area contributed by atoms with Crippen molar-refractivity contribution in [3.63, 3.8) is 0 Å². The molecule has 1 aliphatic carbocycles. The molecule has 7 nitrogen and oxygen atoms in total. The minimum Gasteiger partial charge on any atom is -0.312 e. The number of nitrogens with zero attached hydrogens (tertiary/aromatic N) is 4. The standard InChI is InChI=1S/C23H26N4O3S2/c28-22-9-3-7-19-17-11-16(13-26(19)22)12-25(14-17)32(29,30)21-15-27(18-5-1-2-6-18)24-23(21)20-8-4-10-31-20/h3-4,7-10,15-18H,1-2,5-6,11-14H2. The van der Waals surface area contributed by atoms with E-state index < -0.39 is 10.0 Å². The van der Waals surface area contributed by atoms with E-state index in [0.29, 0.717) is 30.2 Å². The molecule has 2 unspecified atom stereocenters. The number of pyridine rings is 1. The highest BCUT2D eigenvalue weighted by Gasteiger charge is 2.41. The van der Waals surface area contributed by atoms with Gasteiger partial charge < -0.3 is 4.57 Å². The minimum atomic E-state index is -3.71. The van der Waals surface area contributed by atoms with Crippen molar-refractivity contribution in [1.82, 2.24) is 18.7 Å². The lowest BCUT2D eigenvalue weighted by Gasteiger charge is -2.41. The van der Waals surface area contributed by atoms with Crippen molar-refractivity contribution >= 4 is 21.4 Å². The van der Waals surface area contributed by atoms with Gasteiger partial charge in [0, 0.05) is 43.5 Å². The summed E-state index contributed by atoms with van der Waals surface area (Å²) in [6.45, 7) is 1.43. The molecule has 3 aliphatic rings. The van der Waals surface area contributed by atoms with Gasteiger partial charge in [-0.2, -0.15) is 9.40 Å². The Morgan fingerprint density at radius 2 is 1.88 bits per heavy atom. The van der Waals surface area contributed by atoms with E-state index >= 15 is 0 Å². The fourth-order valence-corrected chi connectivity index (χ4v) is 8.18. The molecule has 2 aliphatic heterocycles. The maximum absolute atomic E-state index is 14.0. The van der Waals surface area contributed by atoms with Gasteiger partial charge in [-0.05, 0) is 42.7 Å². The molecule has 6 rings (SSSR count). The van der Waals surface area contributed by atoms with Crippen molar-refractivity contribution in [3.8, 4) is 10.6 Å². The van der Waals surface area contributed by atoms with Gasteiger partial charge >= 0.3 is 0 Å². The Kier molecular flexibility index (Phi) is 4.89. The fourth-order valence-electron chi connectivity index (χ4n) is 5.69. The first-order chi connectivity index (χ1) is 15.5. The average Bonchev–Trinajstić information content (AvgIpc) is 3.54. The van der Waals surface area contributed by atoms with Gasteiger partial charge in [-0.3, -0.25) is 9.48 Å². The molecule has 2 fully saturated rings. The predicted octanol–water partition coefficient (Wildman–Crippen LogP) is 3.70. The van der Waals surface area contributed by atoms with Crippen molar-refractivity contribution in [2.24, 2.45) is 5.92 Å². The monoisotopic (exact) mass is 470 g/mol. The van der Waals surface area contributed by atoms with Gasteiger partial charge in [0.05, 0.1) is 10.9 Å². The highest BCUT2D eigenvalue weighted by atomic mass is 32.2. The van der Waals surface area contributed by atoms with Crippen LogP contribution in [0.1, 0.15) is 49.8 Å². The zero-order valence-corrected chi connectivity index (χ0v) is 19.4. The van der Waals surface area contributed by atoms with Crippen LogP contribution in [0.2, 0.25) is 0 Å². The van der Waals surface area contributed by atoms with Crippen LogP contribution in [0.3, 0.4) is 0 Å². The molecule has 0 aromatic carbocycles. The van der Waals surface area contributed by atoms with Gasteiger partial charge in [0.2, 0.25) is 10.0 Å². The minimum absolute atomic E-state index is 0.00586. The van der Waals surface area contributed by atoms with E-state index in [0.717, 1.165) is 42.7 Å². The van der Waals surface area contributed by atoms with Crippen LogP contribution in [0.25, 0.3) is 10.6 Å². The summed E-state index contributed by atoms with van der Waals surface area (Å²) >= 11 is 1.52. The topological polar surface area (TPSA) is 77.2 Å². The van der Waals surface area contributed by atoms with Crippen molar-refractivity contribution in [2.75, 3.05) is 13.1 Å². The summed E-state index contributed by atoms with van der Waals surface area (Å²) in [5.41, 5.74) is 1.53. The van der Waals surface area contributed by atoms with Crippen LogP contribution in [-0.4, -0.2) is 40.2 Å². The highest BCUT2D eigenvalue weighted by Crippen LogP contribution is 2.40. The fraction of sp³-hybridized carbons (Fsp3) is 0.478. The molecule has 9 heteroatoms. The van der Waals surface area contributed by atoms with Crippen LogP contribution < -0.4 is 5.56 Å². The Morgan fingerprint density at radius 3 is 2.66 bits per heavy atom. The van der Waals surface area contributed by atoms with Crippen LogP contribution in [0.5, 0.6) is 0 Å². The lowest BCUT2D eigenvalue weighted by Crippen LogP contribution is -2.49. The van der Waals surface area contributed by atoms with Crippen molar-refractivity contribution in [1.29, 1.82) is 0 Å². The second kappa shape index (κ2) is 7.67. The first-order valence-corrected chi connectivity index (χ1v) is 13.7. The Balaban J connectivity index is 1.39. The van der Waals surface area contributed by atoms with Crippen LogP contribution >= 0.6 is 11.3 Å². The Labute approximate surface area is 191 Å². The number of aromatic nitrogens is 3. The Hall–Kier alpha value is -2.23. The molecule has 2 atom stereocenters. The third-order valence-corrected chi connectivity index (χ3v) is 9.92. The predicted molar refractivity (Wildman–Crippen MR) is 123 cm³/mol. The lowest BCUT2D eigenvalue weighted by molar-refractivity contribution is 0.186. The summed E-state index contributed by atoms with van der Waals surface area (Å²) in [5, 5.41) is 6.75. The Morgan fingerprint density at radius 1 is 1.03 bits per heavy atom. The molecule has 3 aromatic heterocycles. The van der Waals surface area contributed by atoms with Gasteiger partial charge in [0.15, 0.2) is 0 Å². The molecule has 0 N–H and O–H groups in total. The Bertz CT molecular complexity index is 1300. The molecule has 0 spiro atoms. The molecule has 2 bridgehead atoms. The molecule has 1 saturated heterocycles. The van der Waals surface area contributed by atoms with E-state index in [4.69, 9.17) is 5.10 Å². The van der Waals surface area contributed by atoms with Gasteiger partial charge in [0.25, 0.3) is 5.56 Å². The number of hydrogen-bond acceptors (Lipinski definition) is 5. The van der Waals surface area contributed by atoms with E-state index in [-0.39, 0.29) is 23.4 Å². The van der Waals surface area contributed by atoms with E-state index in [1.165, 1.54) is 11.3 Å². The van der Waals surface area contributed by atoms with Gasteiger partial charge in [-0.15, -0.1) is 11.3 Å². The first kappa shape index (κ1) is 20.4. The number of piperidine rings is 1. The number of rotatable bonds is 4. The number of thiophene rings is 1. The van der Waals surface area contributed by atoms with Crippen LogP contribution in [0, 0.1) is 5.92 Å². The number of sulfonamides is 1. The average molecular weight is 471 g/mol. The SMILES string of the molecule is O=c1cccc2n1CC1CC2CN(S(=O)(=O)c2cn(C3CCCC3)nc2-c2cccs2)C1. The molecule has 1 saturated carbocycles. The quantitative estimate of drug-likeness (QED) is 0.583. The molecule has 32 heavy (non-hydrogen) atoms. The smallest absolute Gasteiger partial charge is 0.250 e. The maximum atomic E-state index is 14.0. The lowest BCUT2D eigenvalue weighted by atomic mass is 9.84. The maximum Gasteiger partial charge on any atom is 0.250 e. The van der Waals surface area contributed by atoms with Crippen LogP contribution in [0.15, 0.2) is 51.6 Å². The summed E-state index contributed by atoms with van der Waals surface area (Å²) in [6.07, 6.45) is 7.11. The molecule has 3 aromatic rings.